The predicted octanol–water partition coefficient (Wildman–Crippen LogP) is 3.26. The second-order valence-corrected chi connectivity index (χ2v) is 8.46. The highest BCUT2D eigenvalue weighted by Gasteiger charge is 2.18. The fourth-order valence-corrected chi connectivity index (χ4v) is 4.09. The first kappa shape index (κ1) is 23.2. The summed E-state index contributed by atoms with van der Waals surface area (Å²) in [6, 6.07) is 14.2. The van der Waals surface area contributed by atoms with Gasteiger partial charge in [0.1, 0.15) is 0 Å². The van der Waals surface area contributed by atoms with Crippen LogP contribution in [0.25, 0.3) is 11.0 Å². The molecule has 184 valence electrons. The summed E-state index contributed by atoms with van der Waals surface area (Å²) in [5, 5.41) is 10.8. The molecule has 4 aromatic rings. The molecule has 0 fully saturated rings. The zero-order chi connectivity index (χ0) is 25.2. The van der Waals surface area contributed by atoms with Crippen molar-refractivity contribution in [1.82, 2.24) is 20.1 Å². The van der Waals surface area contributed by atoms with Crippen LogP contribution in [0.4, 0.5) is 5.69 Å². The Morgan fingerprint density at radius 2 is 1.89 bits per heavy atom. The van der Waals surface area contributed by atoms with Crippen LogP contribution in [0.1, 0.15) is 27.2 Å². The van der Waals surface area contributed by atoms with Crippen molar-refractivity contribution >= 4 is 28.5 Å². The number of carbonyl (C=O) groups excluding carboxylic acids is 2. The third-order valence-electron chi connectivity index (χ3n) is 5.76. The molecule has 0 bridgehead atoms. The number of benzene rings is 2. The van der Waals surface area contributed by atoms with Crippen LogP contribution >= 0.6 is 0 Å². The van der Waals surface area contributed by atoms with Gasteiger partial charge in [-0.2, -0.15) is 0 Å². The van der Waals surface area contributed by atoms with E-state index in [-0.39, 0.29) is 19.3 Å². The van der Waals surface area contributed by atoms with E-state index >= 15 is 0 Å². The monoisotopic (exact) mass is 487 g/mol. The van der Waals surface area contributed by atoms with Gasteiger partial charge in [-0.25, -0.2) is 9.67 Å². The number of nitrogens with one attached hydrogen (secondary N) is 2. The summed E-state index contributed by atoms with van der Waals surface area (Å²) in [7, 11) is 1.78. The maximum atomic E-state index is 12.9. The molecule has 0 aliphatic carbocycles. The molecule has 1 aliphatic rings. The molecule has 10 nitrogen and oxygen atoms in total. The molecule has 0 unspecified atom stereocenters. The molecule has 1 aliphatic heterocycles. The van der Waals surface area contributed by atoms with Crippen LogP contribution in [-0.2, 0) is 18.4 Å². The number of rotatable bonds is 7. The zero-order valence-corrected chi connectivity index (χ0v) is 20.1. The van der Waals surface area contributed by atoms with E-state index < -0.39 is 5.91 Å². The lowest BCUT2D eigenvalue weighted by molar-refractivity contribution is -0.118. The normalized spacial score (nSPS) is 12.0. The van der Waals surface area contributed by atoms with Crippen molar-refractivity contribution in [3.05, 3.63) is 70.9 Å². The molecule has 36 heavy (non-hydrogen) atoms. The number of pyridine rings is 1. The average molecular weight is 488 g/mol. The summed E-state index contributed by atoms with van der Waals surface area (Å²) in [5.41, 5.74) is 4.11. The van der Waals surface area contributed by atoms with Crippen LogP contribution in [0.2, 0.25) is 0 Å². The Morgan fingerprint density at radius 1 is 1.08 bits per heavy atom. The lowest BCUT2D eigenvalue weighted by Gasteiger charge is -2.12. The highest BCUT2D eigenvalue weighted by atomic mass is 16.7. The van der Waals surface area contributed by atoms with Crippen molar-refractivity contribution in [3.8, 4) is 17.4 Å². The molecular weight excluding hydrogens is 462 g/mol. The Kier molecular flexibility index (Phi) is 6.16. The topological polar surface area (TPSA) is 117 Å². The second-order valence-electron chi connectivity index (χ2n) is 8.46. The fraction of sp³-hybridized carbons (Fsp3) is 0.231. The lowest BCUT2D eigenvalue weighted by Crippen LogP contribution is -2.26. The summed E-state index contributed by atoms with van der Waals surface area (Å²) >= 11 is 0. The fourth-order valence-electron chi connectivity index (χ4n) is 4.09. The van der Waals surface area contributed by atoms with Crippen molar-refractivity contribution in [3.63, 3.8) is 0 Å². The van der Waals surface area contributed by atoms with E-state index in [4.69, 9.17) is 14.2 Å². The number of hydrogen-bond acceptors (Lipinski definition) is 7. The maximum absolute atomic E-state index is 12.9. The molecule has 2 aromatic heterocycles. The molecule has 3 heterocycles. The molecule has 0 spiro atoms. The van der Waals surface area contributed by atoms with Crippen molar-refractivity contribution < 1.29 is 23.8 Å². The van der Waals surface area contributed by atoms with Crippen molar-refractivity contribution in [2.45, 2.75) is 20.4 Å². The first-order valence-electron chi connectivity index (χ1n) is 11.4. The summed E-state index contributed by atoms with van der Waals surface area (Å²) in [6.45, 7) is 4.07. The van der Waals surface area contributed by atoms with Crippen molar-refractivity contribution in [1.29, 1.82) is 0 Å². The zero-order valence-electron chi connectivity index (χ0n) is 20.1. The van der Waals surface area contributed by atoms with Gasteiger partial charge in [0.15, 0.2) is 23.8 Å². The molecule has 10 heteroatoms. The number of hydrogen-bond donors (Lipinski definition) is 2. The molecule has 5 rings (SSSR count). The molecule has 0 saturated carbocycles. The molecule has 0 saturated heterocycles. The van der Waals surface area contributed by atoms with Gasteiger partial charge in [-0.05, 0) is 55.3 Å². The van der Waals surface area contributed by atoms with Gasteiger partial charge in [0.25, 0.3) is 11.8 Å². The van der Waals surface area contributed by atoms with Crippen molar-refractivity contribution in [2.24, 2.45) is 7.05 Å². The van der Waals surface area contributed by atoms with E-state index in [9.17, 15) is 9.59 Å². The van der Waals surface area contributed by atoms with Crippen LogP contribution in [0.15, 0.2) is 48.5 Å². The number of ether oxygens (including phenoxy) is 3. The SMILES string of the molecule is Cc1cc(C)c2c(OCC(=O)Nc3ccccc3C(=O)NCc3ccc4c(c3)OCO4)nn(C)c2n1. The number of aromatic nitrogens is 3. The van der Waals surface area contributed by atoms with E-state index in [2.05, 4.69) is 20.7 Å². The van der Waals surface area contributed by atoms with Gasteiger partial charge in [0, 0.05) is 19.3 Å². The lowest BCUT2D eigenvalue weighted by atomic mass is 10.1. The van der Waals surface area contributed by atoms with Gasteiger partial charge in [-0.1, -0.05) is 18.2 Å². The molecule has 2 amide bonds. The minimum Gasteiger partial charge on any atom is -0.466 e. The van der Waals surface area contributed by atoms with E-state index in [1.165, 1.54) is 0 Å². The number of para-hydroxylation sites is 1. The highest BCUT2D eigenvalue weighted by molar-refractivity contribution is 6.04. The Bertz CT molecular complexity index is 1480. The Labute approximate surface area is 207 Å². The number of amides is 2. The molecular formula is C26H25N5O5. The van der Waals surface area contributed by atoms with E-state index in [0.717, 1.165) is 22.2 Å². The first-order chi connectivity index (χ1) is 17.4. The largest absolute Gasteiger partial charge is 0.466 e. The van der Waals surface area contributed by atoms with E-state index in [1.54, 1.807) is 36.0 Å². The van der Waals surface area contributed by atoms with Crippen LogP contribution in [0.5, 0.6) is 17.4 Å². The second kappa shape index (κ2) is 9.57. The third kappa shape index (κ3) is 4.65. The summed E-state index contributed by atoms with van der Waals surface area (Å²) < 4.78 is 18.1. The van der Waals surface area contributed by atoms with E-state index in [1.807, 2.05) is 38.1 Å². The summed E-state index contributed by atoms with van der Waals surface area (Å²) in [5.74, 6) is 0.930. The number of carbonyl (C=O) groups is 2. The van der Waals surface area contributed by atoms with Gasteiger partial charge in [0.2, 0.25) is 12.7 Å². The van der Waals surface area contributed by atoms with Gasteiger partial charge in [-0.3, -0.25) is 9.59 Å². The third-order valence-corrected chi connectivity index (χ3v) is 5.76. The Hall–Kier alpha value is -4.60. The van der Waals surface area contributed by atoms with Crippen LogP contribution in [0.3, 0.4) is 0 Å². The average Bonchev–Trinajstić information content (AvgIpc) is 3.45. The summed E-state index contributed by atoms with van der Waals surface area (Å²) in [4.78, 5) is 30.1. The summed E-state index contributed by atoms with van der Waals surface area (Å²) in [6.07, 6.45) is 0. The van der Waals surface area contributed by atoms with Crippen molar-refractivity contribution in [2.75, 3.05) is 18.7 Å². The quantitative estimate of drug-likeness (QED) is 0.411. The first-order valence-corrected chi connectivity index (χ1v) is 11.4. The number of aryl methyl sites for hydroxylation is 3. The smallest absolute Gasteiger partial charge is 0.262 e. The molecule has 0 atom stereocenters. The number of fused-ring (bicyclic) bond motifs is 2. The minimum atomic E-state index is -0.414. The van der Waals surface area contributed by atoms with Crippen LogP contribution in [0, 0.1) is 13.8 Å². The Morgan fingerprint density at radius 3 is 2.75 bits per heavy atom. The minimum absolute atomic E-state index is 0.189. The molecule has 0 radical (unpaired) electrons. The Balaban J connectivity index is 1.23. The van der Waals surface area contributed by atoms with Gasteiger partial charge < -0.3 is 24.8 Å². The number of anilines is 1. The van der Waals surface area contributed by atoms with E-state index in [0.29, 0.717) is 40.8 Å². The van der Waals surface area contributed by atoms with Gasteiger partial charge >= 0.3 is 0 Å². The highest BCUT2D eigenvalue weighted by Crippen LogP contribution is 2.32. The van der Waals surface area contributed by atoms with Crippen LogP contribution in [-0.4, -0.2) is 40.0 Å². The molecule has 2 aromatic carbocycles. The van der Waals surface area contributed by atoms with Gasteiger partial charge in [-0.15, -0.1) is 5.10 Å². The molecule has 2 N–H and O–H groups in total. The van der Waals surface area contributed by atoms with Gasteiger partial charge in [0.05, 0.1) is 16.6 Å². The maximum Gasteiger partial charge on any atom is 0.262 e. The standard InChI is InChI=1S/C26H25N5O5/c1-15-10-16(2)28-24-23(15)26(30-31(24)3)34-13-22(32)29-19-7-5-4-6-18(19)25(33)27-12-17-8-9-20-21(11-17)36-14-35-20/h4-11H,12-14H2,1-3H3,(H,27,33)(H,29,32). The van der Waals surface area contributed by atoms with Crippen LogP contribution < -0.4 is 24.8 Å². The number of nitrogens with zero attached hydrogens (tertiary/aromatic N) is 3. The predicted molar refractivity (Wildman–Crippen MR) is 132 cm³/mol.